The van der Waals surface area contributed by atoms with Crippen molar-refractivity contribution in [2.45, 2.75) is 0 Å². The number of nitrogens with zero attached hydrogens (tertiary/aromatic N) is 3. The Bertz CT molecular complexity index is 1190. The number of carbonyl (C=O) groups is 1. The first-order valence-corrected chi connectivity index (χ1v) is 10.9. The number of nitrogens with one attached hydrogen (secondary N) is 1. The lowest BCUT2D eigenvalue weighted by atomic mass is 10.1. The van der Waals surface area contributed by atoms with E-state index in [2.05, 4.69) is 47.3 Å². The minimum atomic E-state index is -0.182. The molecule has 0 aliphatic carbocycles. The average molecular weight is 538 g/mol. The fourth-order valence-electron chi connectivity index (χ4n) is 2.79. The zero-order valence-corrected chi connectivity index (χ0v) is 19.0. The summed E-state index contributed by atoms with van der Waals surface area (Å²) in [5, 5.41) is 19.2. The van der Waals surface area contributed by atoms with E-state index in [0.29, 0.717) is 25.2 Å². The Labute approximate surface area is 186 Å². The quantitative estimate of drug-likeness (QED) is 0.491. The molecule has 0 saturated carbocycles. The van der Waals surface area contributed by atoms with Crippen LogP contribution < -0.4 is 14.9 Å². The van der Waals surface area contributed by atoms with Gasteiger partial charge >= 0.3 is 0 Å². The highest BCUT2D eigenvalue weighted by atomic mass is 79.9. The summed E-state index contributed by atoms with van der Waals surface area (Å²) >= 11 is 8.11. The Morgan fingerprint density at radius 1 is 1.28 bits per heavy atom. The average Bonchev–Trinajstić information content (AvgIpc) is 3.12. The number of thiazole rings is 1. The fourth-order valence-corrected chi connectivity index (χ4v) is 4.81. The number of anilines is 1. The van der Waals surface area contributed by atoms with Gasteiger partial charge in [-0.25, -0.2) is 4.68 Å². The van der Waals surface area contributed by atoms with Crippen LogP contribution in [0.5, 0.6) is 11.5 Å². The van der Waals surface area contributed by atoms with Crippen LogP contribution in [0.4, 0.5) is 5.69 Å². The van der Waals surface area contributed by atoms with Gasteiger partial charge in [-0.05, 0) is 67.8 Å². The summed E-state index contributed by atoms with van der Waals surface area (Å²) in [6, 6.07) is 9.13. The molecule has 1 aliphatic rings. The molecule has 1 aliphatic heterocycles. The largest absolute Gasteiger partial charge is 0.506 e. The van der Waals surface area contributed by atoms with Gasteiger partial charge in [-0.15, -0.1) is 11.3 Å². The van der Waals surface area contributed by atoms with Gasteiger partial charge in [0.1, 0.15) is 11.5 Å². The molecule has 0 saturated heterocycles. The van der Waals surface area contributed by atoms with Crippen molar-refractivity contribution >= 4 is 61.0 Å². The fraction of sp³-hybridized carbons (Fsp3) is 0.105. The van der Waals surface area contributed by atoms with Gasteiger partial charge in [-0.1, -0.05) is 0 Å². The van der Waals surface area contributed by atoms with Gasteiger partial charge < -0.3 is 15.2 Å². The number of fused-ring (bicyclic) bond motifs is 1. The molecule has 1 aromatic heterocycles. The van der Waals surface area contributed by atoms with Crippen molar-refractivity contribution in [3.8, 4) is 22.8 Å². The van der Waals surface area contributed by atoms with Crippen LogP contribution in [0.2, 0.25) is 0 Å². The summed E-state index contributed by atoms with van der Waals surface area (Å²) in [5.74, 6) is 0.588. The van der Waals surface area contributed by atoms with E-state index in [0.717, 1.165) is 16.8 Å². The van der Waals surface area contributed by atoms with Crippen LogP contribution in [0.15, 0.2) is 54.8 Å². The van der Waals surface area contributed by atoms with E-state index in [1.165, 1.54) is 11.3 Å². The molecule has 148 valence electrons. The topological polar surface area (TPSA) is 88.2 Å². The maximum atomic E-state index is 11.6. The van der Waals surface area contributed by atoms with E-state index in [1.54, 1.807) is 30.1 Å². The molecule has 0 atom stereocenters. The van der Waals surface area contributed by atoms with Gasteiger partial charge in [0.05, 0.1) is 26.5 Å². The third kappa shape index (κ3) is 4.00. The first kappa shape index (κ1) is 19.9. The summed E-state index contributed by atoms with van der Waals surface area (Å²) in [6.45, 7) is 0.0195. The van der Waals surface area contributed by atoms with Crippen LogP contribution in [0, 0.1) is 0 Å². The lowest BCUT2D eigenvalue weighted by Gasteiger charge is -2.18. The number of aromatic nitrogens is 1. The number of hydrogen-bond acceptors (Lipinski definition) is 6. The normalized spacial score (nSPS) is 14.0. The second-order valence-electron chi connectivity index (χ2n) is 6.06. The first-order valence-electron chi connectivity index (χ1n) is 8.39. The third-order valence-electron chi connectivity index (χ3n) is 4.15. The molecule has 0 unspecified atom stereocenters. The monoisotopic (exact) mass is 536 g/mol. The van der Waals surface area contributed by atoms with Gasteiger partial charge in [0, 0.05) is 18.0 Å². The van der Waals surface area contributed by atoms with Crippen LogP contribution >= 0.6 is 43.2 Å². The predicted octanol–water partition coefficient (Wildman–Crippen LogP) is 4.19. The van der Waals surface area contributed by atoms with Crippen molar-refractivity contribution in [1.29, 1.82) is 0 Å². The lowest BCUT2D eigenvalue weighted by Crippen LogP contribution is -2.25. The molecule has 4 rings (SSSR count). The minimum absolute atomic E-state index is 0.0195. The van der Waals surface area contributed by atoms with Crippen molar-refractivity contribution in [3.05, 3.63) is 55.0 Å². The molecule has 1 amide bonds. The highest BCUT2D eigenvalue weighted by Gasteiger charge is 2.17. The number of aromatic hydroxyl groups is 1. The summed E-state index contributed by atoms with van der Waals surface area (Å²) in [5.41, 5.74) is 3.11. The number of hydrogen-bond donors (Lipinski definition) is 2. The minimum Gasteiger partial charge on any atom is -0.506 e. The van der Waals surface area contributed by atoms with Crippen molar-refractivity contribution in [2.75, 3.05) is 19.0 Å². The summed E-state index contributed by atoms with van der Waals surface area (Å²) < 4.78 is 8.28. The molecule has 7 nitrogen and oxygen atoms in total. The van der Waals surface area contributed by atoms with Crippen molar-refractivity contribution in [1.82, 2.24) is 4.68 Å². The number of benzene rings is 2. The van der Waals surface area contributed by atoms with Crippen LogP contribution in [0.25, 0.3) is 11.3 Å². The van der Waals surface area contributed by atoms with Gasteiger partial charge in [0.2, 0.25) is 4.80 Å². The van der Waals surface area contributed by atoms with Gasteiger partial charge in [0.25, 0.3) is 5.91 Å². The van der Waals surface area contributed by atoms with Gasteiger partial charge in [-0.2, -0.15) is 5.10 Å². The van der Waals surface area contributed by atoms with Crippen molar-refractivity contribution in [2.24, 2.45) is 10.1 Å². The maximum Gasteiger partial charge on any atom is 0.262 e. The molecule has 0 bridgehead atoms. The number of ether oxygens (including phenoxy) is 1. The summed E-state index contributed by atoms with van der Waals surface area (Å²) in [4.78, 5) is 16.6. The van der Waals surface area contributed by atoms with E-state index < -0.39 is 0 Å². The Balaban J connectivity index is 1.76. The Hall–Kier alpha value is -2.43. The van der Waals surface area contributed by atoms with E-state index in [-0.39, 0.29) is 18.3 Å². The standard InChI is InChI=1S/C19H14Br2N4O3S/c1-22-19-25(23-7-10-4-12(20)18(27)13(21)5-10)15(9-29-19)11-2-3-16-14(6-11)24-17(26)8-28-16/h2-7,9,27H,8H2,1H3,(H,24,26). The molecular weight excluding hydrogens is 524 g/mol. The second-order valence-corrected chi connectivity index (χ2v) is 8.61. The molecule has 2 N–H and O–H groups in total. The van der Waals surface area contributed by atoms with Crippen molar-refractivity contribution < 1.29 is 14.6 Å². The number of phenolic OH excluding ortho intramolecular Hbond substituents is 1. The smallest absolute Gasteiger partial charge is 0.262 e. The number of rotatable bonds is 3. The van der Waals surface area contributed by atoms with Gasteiger partial charge in [-0.3, -0.25) is 9.79 Å². The first-order chi connectivity index (χ1) is 14.0. The van der Waals surface area contributed by atoms with E-state index >= 15 is 0 Å². The van der Waals surface area contributed by atoms with E-state index in [4.69, 9.17) is 4.74 Å². The summed E-state index contributed by atoms with van der Waals surface area (Å²) in [6.07, 6.45) is 1.68. The molecule has 0 fully saturated rings. The molecule has 3 aromatic rings. The van der Waals surface area contributed by atoms with Crippen LogP contribution in [-0.2, 0) is 4.79 Å². The number of phenols is 1. The van der Waals surface area contributed by atoms with Crippen LogP contribution in [-0.4, -0.2) is 35.6 Å². The Kier molecular flexibility index (Phi) is 5.57. The summed E-state index contributed by atoms with van der Waals surface area (Å²) in [7, 11) is 1.70. The van der Waals surface area contributed by atoms with Crippen LogP contribution in [0.1, 0.15) is 5.56 Å². The molecule has 10 heteroatoms. The Morgan fingerprint density at radius 2 is 2.03 bits per heavy atom. The molecular formula is C19H14Br2N4O3S. The molecule has 0 radical (unpaired) electrons. The predicted molar refractivity (Wildman–Crippen MR) is 120 cm³/mol. The molecule has 2 aromatic carbocycles. The number of halogens is 2. The molecule has 2 heterocycles. The zero-order chi connectivity index (χ0) is 20.5. The highest BCUT2D eigenvalue weighted by molar-refractivity contribution is 9.11. The second kappa shape index (κ2) is 8.13. The van der Waals surface area contributed by atoms with E-state index in [1.807, 2.05) is 23.6 Å². The number of carbonyl (C=O) groups excluding carboxylic acids is 1. The SMILES string of the molecule is CN=c1scc(-c2ccc3c(c2)NC(=O)CO3)n1N=Cc1cc(Br)c(O)c(Br)c1. The van der Waals surface area contributed by atoms with Gasteiger partial charge in [0.15, 0.2) is 6.61 Å². The Morgan fingerprint density at radius 3 is 2.76 bits per heavy atom. The lowest BCUT2D eigenvalue weighted by molar-refractivity contribution is -0.118. The number of amides is 1. The zero-order valence-electron chi connectivity index (χ0n) is 15.0. The molecule has 29 heavy (non-hydrogen) atoms. The van der Waals surface area contributed by atoms with Crippen LogP contribution in [0.3, 0.4) is 0 Å². The van der Waals surface area contributed by atoms with E-state index in [9.17, 15) is 9.90 Å². The highest BCUT2D eigenvalue weighted by Crippen LogP contribution is 2.34. The molecule has 0 spiro atoms. The third-order valence-corrected chi connectivity index (χ3v) is 6.26. The maximum absolute atomic E-state index is 11.6. The van der Waals surface area contributed by atoms with Crippen molar-refractivity contribution in [3.63, 3.8) is 0 Å².